The molecule has 0 aliphatic heterocycles. The normalized spacial score (nSPS) is 14.3. The molecule has 0 unspecified atom stereocenters. The van der Waals surface area contributed by atoms with Crippen LogP contribution in [0.25, 0.3) is 0 Å². The first kappa shape index (κ1) is 11.2. The average Bonchev–Trinajstić information content (AvgIpc) is 3.17. The van der Waals surface area contributed by atoms with Crippen molar-refractivity contribution in [3.8, 4) is 0 Å². The first-order valence-electron chi connectivity index (χ1n) is 5.78. The van der Waals surface area contributed by atoms with Gasteiger partial charge < -0.3 is 10.6 Å². The van der Waals surface area contributed by atoms with Crippen LogP contribution in [0.1, 0.15) is 12.8 Å². The fraction of sp³-hybridized carbons (Fsp3) is 0.250. The molecule has 2 N–H and O–H groups in total. The topological polar surface area (TPSA) is 62.7 Å². The molecule has 1 saturated carbocycles. The lowest BCUT2D eigenvalue weighted by Gasteiger charge is -2.06. The largest absolute Gasteiger partial charge is 0.350 e. The van der Waals surface area contributed by atoms with Crippen LogP contribution in [0.5, 0.6) is 0 Å². The van der Waals surface area contributed by atoms with E-state index in [2.05, 4.69) is 25.8 Å². The van der Waals surface area contributed by atoms with Gasteiger partial charge in [0, 0.05) is 16.8 Å². The quantitative estimate of drug-likeness (QED) is 0.886. The molecule has 1 aromatic heterocycles. The summed E-state index contributed by atoms with van der Waals surface area (Å²) in [4.78, 5) is 4.34. The van der Waals surface area contributed by atoms with Crippen LogP contribution >= 0.6 is 11.6 Å². The molecule has 1 aromatic carbocycles. The SMILES string of the molecule is Clc1ccc(Nc2cnnc(NC3CC3)n2)cc1. The molecule has 1 aliphatic rings. The molecule has 0 radical (unpaired) electrons. The molecule has 2 aromatic rings. The highest BCUT2D eigenvalue weighted by molar-refractivity contribution is 6.30. The third kappa shape index (κ3) is 2.87. The van der Waals surface area contributed by atoms with Gasteiger partial charge in [-0.25, -0.2) is 0 Å². The Kier molecular flexibility index (Phi) is 2.98. The number of benzene rings is 1. The van der Waals surface area contributed by atoms with Gasteiger partial charge in [0.2, 0.25) is 5.95 Å². The zero-order valence-corrected chi connectivity index (χ0v) is 10.4. The zero-order valence-electron chi connectivity index (χ0n) is 9.60. The van der Waals surface area contributed by atoms with Gasteiger partial charge in [-0.1, -0.05) is 11.6 Å². The predicted molar refractivity (Wildman–Crippen MR) is 71.2 cm³/mol. The minimum atomic E-state index is 0.512. The Morgan fingerprint density at radius 3 is 2.67 bits per heavy atom. The molecule has 3 rings (SSSR count). The van der Waals surface area contributed by atoms with Gasteiger partial charge in [-0.15, -0.1) is 5.10 Å². The molecule has 1 fully saturated rings. The van der Waals surface area contributed by atoms with Gasteiger partial charge >= 0.3 is 0 Å². The number of anilines is 3. The van der Waals surface area contributed by atoms with Crippen molar-refractivity contribution in [2.24, 2.45) is 0 Å². The maximum absolute atomic E-state index is 5.83. The van der Waals surface area contributed by atoms with Gasteiger partial charge in [-0.05, 0) is 37.1 Å². The maximum atomic E-state index is 5.83. The van der Waals surface area contributed by atoms with Crippen molar-refractivity contribution < 1.29 is 0 Å². The standard InChI is InChI=1S/C12H12ClN5/c13-8-1-3-9(4-2-8)15-11-7-14-18-12(17-11)16-10-5-6-10/h1-4,7,10H,5-6H2,(H2,15,16,17,18). The van der Waals surface area contributed by atoms with Gasteiger partial charge in [0.05, 0.1) is 6.20 Å². The summed E-state index contributed by atoms with van der Waals surface area (Å²) in [6, 6.07) is 7.93. The molecule has 0 bridgehead atoms. The van der Waals surface area contributed by atoms with E-state index in [0.717, 1.165) is 5.69 Å². The first-order valence-corrected chi connectivity index (χ1v) is 6.16. The summed E-state index contributed by atoms with van der Waals surface area (Å²) in [6.45, 7) is 0. The van der Waals surface area contributed by atoms with Crippen molar-refractivity contribution in [2.45, 2.75) is 18.9 Å². The van der Waals surface area contributed by atoms with Crippen molar-refractivity contribution in [3.05, 3.63) is 35.5 Å². The van der Waals surface area contributed by atoms with Crippen molar-refractivity contribution in [3.63, 3.8) is 0 Å². The van der Waals surface area contributed by atoms with Crippen LogP contribution in [-0.4, -0.2) is 21.2 Å². The van der Waals surface area contributed by atoms with Gasteiger partial charge in [0.15, 0.2) is 5.82 Å². The number of nitrogens with zero attached hydrogens (tertiary/aromatic N) is 3. The van der Waals surface area contributed by atoms with Crippen LogP contribution in [0, 0.1) is 0 Å². The average molecular weight is 262 g/mol. The highest BCUT2D eigenvalue weighted by atomic mass is 35.5. The summed E-state index contributed by atoms with van der Waals surface area (Å²) in [7, 11) is 0. The lowest BCUT2D eigenvalue weighted by atomic mass is 10.3. The number of rotatable bonds is 4. The zero-order chi connectivity index (χ0) is 12.4. The molecular weight excluding hydrogens is 250 g/mol. The van der Waals surface area contributed by atoms with E-state index in [1.54, 1.807) is 6.20 Å². The Labute approximate surface area is 110 Å². The second-order valence-corrected chi connectivity index (χ2v) is 4.65. The van der Waals surface area contributed by atoms with Gasteiger partial charge in [0.25, 0.3) is 0 Å². The smallest absolute Gasteiger partial charge is 0.244 e. The van der Waals surface area contributed by atoms with Crippen LogP contribution in [0.4, 0.5) is 17.5 Å². The number of halogens is 1. The first-order chi connectivity index (χ1) is 8.79. The number of nitrogens with one attached hydrogen (secondary N) is 2. The van der Waals surface area contributed by atoms with Crippen molar-refractivity contribution in [2.75, 3.05) is 10.6 Å². The van der Waals surface area contributed by atoms with E-state index in [0.29, 0.717) is 22.8 Å². The summed E-state index contributed by atoms with van der Waals surface area (Å²) >= 11 is 5.83. The Bertz CT molecular complexity index is 538. The van der Waals surface area contributed by atoms with E-state index >= 15 is 0 Å². The van der Waals surface area contributed by atoms with Crippen LogP contribution in [0.3, 0.4) is 0 Å². The molecule has 1 aliphatic carbocycles. The van der Waals surface area contributed by atoms with Crippen molar-refractivity contribution >= 4 is 29.1 Å². The fourth-order valence-corrected chi connectivity index (χ4v) is 1.64. The predicted octanol–water partition coefficient (Wildman–Crippen LogP) is 2.84. The summed E-state index contributed by atoms with van der Waals surface area (Å²) in [6.07, 6.45) is 3.95. The summed E-state index contributed by atoms with van der Waals surface area (Å²) in [5.74, 6) is 1.23. The van der Waals surface area contributed by atoms with Gasteiger partial charge in [-0.2, -0.15) is 10.1 Å². The molecule has 92 valence electrons. The van der Waals surface area contributed by atoms with E-state index < -0.39 is 0 Å². The van der Waals surface area contributed by atoms with E-state index in [1.165, 1.54) is 12.8 Å². The maximum Gasteiger partial charge on any atom is 0.244 e. The van der Waals surface area contributed by atoms with Crippen LogP contribution < -0.4 is 10.6 Å². The van der Waals surface area contributed by atoms with Gasteiger partial charge in [0.1, 0.15) is 0 Å². The molecule has 0 atom stereocenters. The molecule has 0 spiro atoms. The lowest BCUT2D eigenvalue weighted by Crippen LogP contribution is -2.07. The highest BCUT2D eigenvalue weighted by Crippen LogP contribution is 2.23. The van der Waals surface area contributed by atoms with Crippen molar-refractivity contribution in [1.29, 1.82) is 0 Å². The molecular formula is C12H12ClN5. The van der Waals surface area contributed by atoms with E-state index in [4.69, 9.17) is 11.6 Å². The minimum Gasteiger partial charge on any atom is -0.350 e. The summed E-state index contributed by atoms with van der Waals surface area (Å²) in [5.41, 5.74) is 0.914. The Morgan fingerprint density at radius 1 is 1.17 bits per heavy atom. The molecule has 1 heterocycles. The van der Waals surface area contributed by atoms with Crippen molar-refractivity contribution in [1.82, 2.24) is 15.2 Å². The number of aromatic nitrogens is 3. The van der Waals surface area contributed by atoms with Crippen LogP contribution in [0.2, 0.25) is 5.02 Å². The molecule has 0 amide bonds. The summed E-state index contributed by atoms with van der Waals surface area (Å²) in [5, 5.41) is 14.9. The molecule has 5 nitrogen and oxygen atoms in total. The number of hydrogen-bond donors (Lipinski definition) is 2. The Morgan fingerprint density at radius 2 is 1.94 bits per heavy atom. The fourth-order valence-electron chi connectivity index (χ4n) is 1.52. The Hall–Kier alpha value is -1.88. The molecule has 18 heavy (non-hydrogen) atoms. The lowest BCUT2D eigenvalue weighted by molar-refractivity contribution is 0.947. The number of hydrogen-bond acceptors (Lipinski definition) is 5. The van der Waals surface area contributed by atoms with Gasteiger partial charge in [-0.3, -0.25) is 0 Å². The molecule has 6 heteroatoms. The second kappa shape index (κ2) is 4.78. The van der Waals surface area contributed by atoms with E-state index in [-0.39, 0.29) is 0 Å². The highest BCUT2D eigenvalue weighted by Gasteiger charge is 2.22. The van der Waals surface area contributed by atoms with E-state index in [1.807, 2.05) is 24.3 Å². The minimum absolute atomic E-state index is 0.512. The monoisotopic (exact) mass is 261 g/mol. The van der Waals surface area contributed by atoms with Crippen LogP contribution in [0.15, 0.2) is 30.5 Å². The van der Waals surface area contributed by atoms with E-state index in [9.17, 15) is 0 Å². The third-order valence-electron chi connectivity index (χ3n) is 2.59. The third-order valence-corrected chi connectivity index (χ3v) is 2.84. The summed E-state index contributed by atoms with van der Waals surface area (Å²) < 4.78 is 0. The Balaban J connectivity index is 1.73. The second-order valence-electron chi connectivity index (χ2n) is 4.22. The van der Waals surface area contributed by atoms with Crippen LogP contribution in [-0.2, 0) is 0 Å². The molecule has 0 saturated heterocycles.